The highest BCUT2D eigenvalue weighted by Gasteiger charge is 2.37. The van der Waals surface area contributed by atoms with Gasteiger partial charge >= 0.3 is 11.9 Å². The molecular weight excluding hydrogens is 398 g/mol. The predicted octanol–water partition coefficient (Wildman–Crippen LogP) is 5.00. The Morgan fingerprint density at radius 3 is 2.42 bits per heavy atom. The maximum absolute atomic E-state index is 12.4. The summed E-state index contributed by atoms with van der Waals surface area (Å²) in [6.07, 6.45) is 4.08. The number of rotatable bonds is 11. The van der Waals surface area contributed by atoms with Gasteiger partial charge in [0.25, 0.3) is 0 Å². The Bertz CT molecular complexity index is 727. The van der Waals surface area contributed by atoms with Crippen LogP contribution in [0.4, 0.5) is 0 Å². The molecule has 1 saturated carbocycles. The summed E-state index contributed by atoms with van der Waals surface area (Å²) in [5.41, 5.74) is 0.313. The number of carbonyl (C=O) groups excluding carboxylic acids is 2. The second kappa shape index (κ2) is 10.6. The molecule has 0 amide bonds. The maximum Gasteiger partial charge on any atom is 0.306 e. The van der Waals surface area contributed by atoms with Crippen LogP contribution >= 0.6 is 0 Å². The Balaban J connectivity index is 1.99. The first-order valence-electron chi connectivity index (χ1n) is 11.2. The van der Waals surface area contributed by atoms with Crippen molar-refractivity contribution in [3.8, 4) is 0 Å². The number of hydrogen-bond donors (Lipinski definition) is 0. The van der Waals surface area contributed by atoms with E-state index in [2.05, 4.69) is 19.0 Å². The van der Waals surface area contributed by atoms with Gasteiger partial charge in [-0.15, -0.1) is 0 Å². The number of methoxy groups -OCH3 is 2. The molecule has 0 spiro atoms. The molecule has 0 radical (unpaired) electrons. The van der Waals surface area contributed by atoms with Crippen molar-refractivity contribution >= 4 is 11.9 Å². The summed E-state index contributed by atoms with van der Waals surface area (Å²) in [7, 11) is 3.11. The summed E-state index contributed by atoms with van der Waals surface area (Å²) >= 11 is 0. The fraction of sp³-hybridized carbons (Fsp3) is 0.792. The van der Waals surface area contributed by atoms with Gasteiger partial charge in [-0.1, -0.05) is 19.0 Å². The van der Waals surface area contributed by atoms with Crippen molar-refractivity contribution < 1.29 is 28.3 Å². The molecule has 0 N–H and O–H groups in total. The standard InChI is InChI=1S/C24H39NO6/c1-23(2,3)30-22(27)12-17(8-9-21(26)29-7)19-13-20(31-25-19)18-10-16(11-18)14-24(4,5)15-28-6/h13,16-18H,8-12,14-15H2,1-7H3/t16?,17-,18?/m0/s1. The Labute approximate surface area is 186 Å². The zero-order valence-corrected chi connectivity index (χ0v) is 20.2. The summed E-state index contributed by atoms with van der Waals surface area (Å²) in [6, 6.07) is 1.95. The van der Waals surface area contributed by atoms with Crippen LogP contribution in [-0.2, 0) is 23.8 Å². The van der Waals surface area contributed by atoms with E-state index in [4.69, 9.17) is 18.7 Å². The molecule has 1 fully saturated rings. The van der Waals surface area contributed by atoms with E-state index in [1.807, 2.05) is 26.8 Å². The molecular formula is C24H39NO6. The Morgan fingerprint density at radius 1 is 1.16 bits per heavy atom. The monoisotopic (exact) mass is 437 g/mol. The average Bonchev–Trinajstić information content (AvgIpc) is 3.08. The number of hydrogen-bond acceptors (Lipinski definition) is 7. The molecule has 0 aliphatic heterocycles. The summed E-state index contributed by atoms with van der Waals surface area (Å²) in [4.78, 5) is 24.0. The van der Waals surface area contributed by atoms with Gasteiger partial charge in [-0.2, -0.15) is 0 Å². The van der Waals surface area contributed by atoms with Crippen LogP contribution in [-0.4, -0.2) is 43.5 Å². The van der Waals surface area contributed by atoms with Gasteiger partial charge in [-0.25, -0.2) is 0 Å². The van der Waals surface area contributed by atoms with E-state index in [-0.39, 0.29) is 36.1 Å². The second-order valence-electron chi connectivity index (χ2n) is 10.6. The van der Waals surface area contributed by atoms with E-state index in [1.165, 1.54) is 7.11 Å². The Kier molecular flexibility index (Phi) is 8.69. The Morgan fingerprint density at radius 2 is 1.84 bits per heavy atom. The van der Waals surface area contributed by atoms with Gasteiger partial charge in [-0.05, 0) is 57.8 Å². The lowest BCUT2D eigenvalue weighted by Crippen LogP contribution is -2.29. The SMILES string of the molecule is COCC(C)(C)CC1CC(c2cc([C@@H](CCC(=O)OC)CC(=O)OC(C)(C)C)no2)C1. The number of carbonyl (C=O) groups is 2. The van der Waals surface area contributed by atoms with Crippen molar-refractivity contribution in [3.63, 3.8) is 0 Å². The minimum Gasteiger partial charge on any atom is -0.469 e. The van der Waals surface area contributed by atoms with Gasteiger partial charge in [0.1, 0.15) is 11.4 Å². The first-order valence-corrected chi connectivity index (χ1v) is 11.2. The van der Waals surface area contributed by atoms with Crippen LogP contribution in [0.5, 0.6) is 0 Å². The molecule has 0 aromatic carbocycles. The maximum atomic E-state index is 12.4. The molecule has 7 nitrogen and oxygen atoms in total. The summed E-state index contributed by atoms with van der Waals surface area (Å²) in [5.74, 6) is 1.01. The van der Waals surface area contributed by atoms with E-state index in [9.17, 15) is 9.59 Å². The molecule has 7 heteroatoms. The van der Waals surface area contributed by atoms with Crippen molar-refractivity contribution in [2.75, 3.05) is 20.8 Å². The minimum absolute atomic E-state index is 0.152. The first kappa shape index (κ1) is 25.4. The summed E-state index contributed by atoms with van der Waals surface area (Å²) < 4.78 is 21.2. The smallest absolute Gasteiger partial charge is 0.306 e. The van der Waals surface area contributed by atoms with E-state index in [0.29, 0.717) is 24.0 Å². The number of esters is 2. The third-order valence-electron chi connectivity index (χ3n) is 5.74. The molecule has 1 aromatic rings. The normalized spacial score (nSPS) is 20.1. The topological polar surface area (TPSA) is 87.9 Å². The highest BCUT2D eigenvalue weighted by Crippen LogP contribution is 2.47. The van der Waals surface area contributed by atoms with Crippen LogP contribution in [0.1, 0.15) is 96.4 Å². The molecule has 0 saturated heterocycles. The predicted molar refractivity (Wildman–Crippen MR) is 117 cm³/mol. The van der Waals surface area contributed by atoms with E-state index in [1.54, 1.807) is 7.11 Å². The molecule has 1 aliphatic carbocycles. The van der Waals surface area contributed by atoms with Crippen LogP contribution in [0.2, 0.25) is 0 Å². The van der Waals surface area contributed by atoms with Crippen molar-refractivity contribution in [3.05, 3.63) is 17.5 Å². The molecule has 31 heavy (non-hydrogen) atoms. The van der Waals surface area contributed by atoms with Gasteiger partial charge in [0.2, 0.25) is 0 Å². The van der Waals surface area contributed by atoms with Crippen LogP contribution in [0.3, 0.4) is 0 Å². The second-order valence-corrected chi connectivity index (χ2v) is 10.6. The lowest BCUT2D eigenvalue weighted by atomic mass is 9.67. The molecule has 2 rings (SSSR count). The van der Waals surface area contributed by atoms with Crippen molar-refractivity contribution in [1.82, 2.24) is 5.16 Å². The summed E-state index contributed by atoms with van der Waals surface area (Å²) in [5, 5.41) is 4.25. The van der Waals surface area contributed by atoms with Crippen molar-refractivity contribution in [2.24, 2.45) is 11.3 Å². The highest BCUT2D eigenvalue weighted by atomic mass is 16.6. The third-order valence-corrected chi connectivity index (χ3v) is 5.74. The van der Waals surface area contributed by atoms with Crippen LogP contribution in [0.25, 0.3) is 0 Å². The van der Waals surface area contributed by atoms with E-state index in [0.717, 1.165) is 31.6 Å². The number of ether oxygens (including phenoxy) is 3. The molecule has 1 atom stereocenters. The van der Waals surface area contributed by atoms with E-state index < -0.39 is 5.60 Å². The zero-order chi connectivity index (χ0) is 23.2. The van der Waals surface area contributed by atoms with E-state index >= 15 is 0 Å². The van der Waals surface area contributed by atoms with Crippen LogP contribution in [0, 0.1) is 11.3 Å². The first-order chi connectivity index (χ1) is 14.4. The van der Waals surface area contributed by atoms with Gasteiger partial charge in [0.15, 0.2) is 0 Å². The zero-order valence-electron chi connectivity index (χ0n) is 20.2. The highest BCUT2D eigenvalue weighted by molar-refractivity contribution is 5.72. The van der Waals surface area contributed by atoms with Gasteiger partial charge < -0.3 is 18.7 Å². The Hall–Kier alpha value is -1.89. The molecule has 0 unspecified atom stereocenters. The molecule has 1 aromatic heterocycles. The quantitative estimate of drug-likeness (QED) is 0.450. The van der Waals surface area contributed by atoms with Gasteiger partial charge in [0.05, 0.1) is 25.8 Å². The number of aromatic nitrogens is 1. The molecule has 0 bridgehead atoms. The van der Waals surface area contributed by atoms with Crippen LogP contribution < -0.4 is 0 Å². The van der Waals surface area contributed by atoms with Gasteiger partial charge in [-0.3, -0.25) is 9.59 Å². The van der Waals surface area contributed by atoms with Crippen molar-refractivity contribution in [2.45, 2.75) is 90.6 Å². The average molecular weight is 438 g/mol. The number of nitrogens with zero attached hydrogens (tertiary/aromatic N) is 1. The fourth-order valence-electron chi connectivity index (χ4n) is 4.39. The molecule has 1 heterocycles. The van der Waals surface area contributed by atoms with Crippen molar-refractivity contribution in [1.29, 1.82) is 0 Å². The van der Waals surface area contributed by atoms with Crippen LogP contribution in [0.15, 0.2) is 10.6 Å². The fourth-order valence-corrected chi connectivity index (χ4v) is 4.39. The molecule has 176 valence electrons. The minimum atomic E-state index is -0.559. The lowest BCUT2D eigenvalue weighted by Gasteiger charge is -2.38. The lowest BCUT2D eigenvalue weighted by molar-refractivity contribution is -0.155. The third kappa shape index (κ3) is 8.28. The molecule has 1 aliphatic rings. The summed E-state index contributed by atoms with van der Waals surface area (Å²) in [6.45, 7) is 10.7. The van der Waals surface area contributed by atoms with Gasteiger partial charge in [0, 0.05) is 31.4 Å². The largest absolute Gasteiger partial charge is 0.469 e.